The number of halogens is 2. The number of fused-ring (bicyclic) bond motifs is 8. The molecule has 270 valence electrons. The first-order valence-corrected chi connectivity index (χ1v) is 22.6. The van der Waals surface area contributed by atoms with Gasteiger partial charge in [0.1, 0.15) is 0 Å². The number of hydrogen-bond donors (Lipinski definition) is 0. The smallest absolute Gasteiger partial charge is 0.0184 e. The number of allylic oxidation sites excluding steroid dienone is 4. The Morgan fingerprint density at radius 3 is 1.31 bits per heavy atom. The summed E-state index contributed by atoms with van der Waals surface area (Å²) in [7, 11) is 0. The van der Waals surface area contributed by atoms with Crippen LogP contribution in [-0.2, 0) is 21.3 Å². The van der Waals surface area contributed by atoms with Gasteiger partial charge in [0.15, 0.2) is 0 Å². The molecule has 0 spiro atoms. The number of rotatable bonds is 4. The van der Waals surface area contributed by atoms with Crippen molar-refractivity contribution >= 4 is 50.1 Å². The monoisotopic (exact) mass is 828 g/mol. The average molecular weight is 831 g/mol. The standard InChI is InChI=1S/C21H13.2C12H10.C5H5.C2H4.2ClH.Zr/c1-2-8-15-14(7-1)13-20-18-11-4-3-9-16(18)17-10-5-6-12-19(17)21(15)20;2*1-3-7-11(8-4-1)12-9-5-2-6-10-12;1-2-4-5-3-1;1-2;;;/h1-13H;2*1-10H;1-3H,4H2;1H,2H3;2*1H;. The van der Waals surface area contributed by atoms with Gasteiger partial charge in [0.05, 0.1) is 0 Å². The van der Waals surface area contributed by atoms with Crippen LogP contribution < -0.4 is 0 Å². The van der Waals surface area contributed by atoms with E-state index in [-0.39, 0.29) is 24.8 Å². The molecule has 0 N–H and O–H groups in total. The molecule has 0 aromatic heterocycles. The van der Waals surface area contributed by atoms with Crippen molar-refractivity contribution in [3.05, 3.63) is 227 Å². The van der Waals surface area contributed by atoms with Gasteiger partial charge in [-0.05, 0) is 22.3 Å². The van der Waals surface area contributed by atoms with Crippen LogP contribution in [0.25, 0.3) is 54.9 Å². The Hall–Kier alpha value is -4.91. The Bertz CT molecular complexity index is 2430. The fourth-order valence-electron chi connectivity index (χ4n) is 7.93. The Kier molecular flexibility index (Phi) is 13.8. The molecule has 0 saturated heterocycles. The molecule has 0 heterocycles. The molecule has 0 nitrogen and oxygen atoms in total. The topological polar surface area (TPSA) is 0 Å². The minimum absolute atomic E-state index is 0. The van der Waals surface area contributed by atoms with Crippen LogP contribution in [0.3, 0.4) is 0 Å². The molecule has 0 bridgehead atoms. The van der Waals surface area contributed by atoms with Crippen molar-refractivity contribution in [2.45, 2.75) is 17.0 Å². The minimum Gasteiger partial charge on any atom is -0.147 e. The van der Waals surface area contributed by atoms with Gasteiger partial charge in [-0.2, -0.15) is 0 Å². The van der Waals surface area contributed by atoms with E-state index in [0.717, 1.165) is 6.42 Å². The first kappa shape index (κ1) is 39.8. The van der Waals surface area contributed by atoms with Crippen molar-refractivity contribution in [1.29, 1.82) is 0 Å². The third-order valence-corrected chi connectivity index (χ3v) is 17.6. The van der Waals surface area contributed by atoms with Crippen molar-refractivity contribution in [2.75, 3.05) is 0 Å². The molecule has 0 saturated carbocycles. The fourth-order valence-corrected chi connectivity index (χ4v) is 15.1. The van der Waals surface area contributed by atoms with Gasteiger partial charge in [0.2, 0.25) is 0 Å². The van der Waals surface area contributed by atoms with Gasteiger partial charge < -0.3 is 0 Å². The first-order valence-electron chi connectivity index (χ1n) is 18.6. The molecule has 0 radical (unpaired) electrons. The summed E-state index contributed by atoms with van der Waals surface area (Å²) < 4.78 is 4.90. The van der Waals surface area contributed by atoms with Crippen LogP contribution in [-0.4, -0.2) is 3.71 Å². The number of hydrogen-bond acceptors (Lipinski definition) is 0. The van der Waals surface area contributed by atoms with E-state index in [1.54, 1.807) is 14.4 Å². The van der Waals surface area contributed by atoms with Crippen molar-refractivity contribution in [3.63, 3.8) is 0 Å². The normalized spacial score (nSPS) is 13.5. The summed E-state index contributed by atoms with van der Waals surface area (Å²) >= 11 is -2.02. The third kappa shape index (κ3) is 8.51. The van der Waals surface area contributed by atoms with E-state index in [1.807, 2.05) is 24.3 Å². The average Bonchev–Trinajstić information content (AvgIpc) is 3.91. The maximum Gasteiger partial charge on any atom is -0.0184 e. The summed E-state index contributed by atoms with van der Waals surface area (Å²) in [6.07, 6.45) is 8.16. The van der Waals surface area contributed by atoms with E-state index in [0.29, 0.717) is 3.63 Å². The molecule has 2 aliphatic rings. The molecular formula is C52H44Cl2Zr. The molecule has 1 unspecified atom stereocenters. The van der Waals surface area contributed by atoms with E-state index in [1.165, 1.54) is 54.9 Å². The molecule has 0 aliphatic heterocycles. The zero-order valence-corrected chi connectivity index (χ0v) is 35.0. The first-order chi connectivity index (χ1) is 26.3. The van der Waals surface area contributed by atoms with Gasteiger partial charge in [-0.3, -0.25) is 0 Å². The quantitative estimate of drug-likeness (QED) is 0.155. The maximum atomic E-state index is 2.61. The SMILES string of the molecule is C/[CH]=[Zr](\[C]1=CC=CC1)[CH]1c2ccccc2-c2c1c1ccccc1c1ccccc21.Cl.Cl.c1ccc(-c2ccccc2)cc1.c1ccc(-c2ccccc2)cc1. The van der Waals surface area contributed by atoms with Crippen molar-refractivity contribution in [1.82, 2.24) is 0 Å². The predicted octanol–water partition coefficient (Wildman–Crippen LogP) is 14.9. The second kappa shape index (κ2) is 19.1. The van der Waals surface area contributed by atoms with Crippen LogP contribution in [0.5, 0.6) is 0 Å². The van der Waals surface area contributed by atoms with Gasteiger partial charge in [-0.15, -0.1) is 24.8 Å². The Morgan fingerprint density at radius 2 is 0.855 bits per heavy atom. The van der Waals surface area contributed by atoms with Crippen molar-refractivity contribution in [2.24, 2.45) is 0 Å². The zero-order chi connectivity index (χ0) is 35.8. The van der Waals surface area contributed by atoms with E-state index in [4.69, 9.17) is 0 Å². The summed E-state index contributed by atoms with van der Waals surface area (Å²) in [6.45, 7) is 2.32. The predicted molar refractivity (Wildman–Crippen MR) is 241 cm³/mol. The zero-order valence-electron chi connectivity index (χ0n) is 30.9. The van der Waals surface area contributed by atoms with E-state index < -0.39 is 21.3 Å². The summed E-state index contributed by atoms with van der Waals surface area (Å²) in [5.74, 6) is 0. The van der Waals surface area contributed by atoms with Crippen LogP contribution in [0.2, 0.25) is 0 Å². The molecule has 55 heavy (non-hydrogen) atoms. The van der Waals surface area contributed by atoms with Crippen LogP contribution in [0.4, 0.5) is 0 Å². The van der Waals surface area contributed by atoms with E-state index in [9.17, 15) is 0 Å². The van der Waals surface area contributed by atoms with Crippen LogP contribution in [0.1, 0.15) is 28.1 Å². The van der Waals surface area contributed by atoms with Gasteiger partial charge in [-0.1, -0.05) is 121 Å². The van der Waals surface area contributed by atoms with Crippen molar-refractivity contribution < 1.29 is 21.3 Å². The molecule has 3 heteroatoms. The largest absolute Gasteiger partial charge is 0.147 e. The summed E-state index contributed by atoms with van der Waals surface area (Å²) in [4.78, 5) is 0. The Balaban J connectivity index is 0.000000164. The third-order valence-electron chi connectivity index (χ3n) is 10.3. The summed E-state index contributed by atoms with van der Waals surface area (Å²) in [5, 5.41) is 5.64. The van der Waals surface area contributed by atoms with Crippen LogP contribution >= 0.6 is 24.8 Å². The second-order valence-electron chi connectivity index (χ2n) is 13.4. The summed E-state index contributed by atoms with van der Waals surface area (Å²) in [5.41, 5.74) is 11.2. The fraction of sp³-hybridized carbons (Fsp3) is 0.0577. The molecule has 0 fully saturated rings. The maximum absolute atomic E-state index is 2.61. The molecule has 8 aromatic carbocycles. The summed E-state index contributed by atoms with van der Waals surface area (Å²) in [6, 6.07) is 68.8. The van der Waals surface area contributed by atoms with Gasteiger partial charge in [-0.25, -0.2) is 0 Å². The van der Waals surface area contributed by atoms with Gasteiger partial charge in [0.25, 0.3) is 0 Å². The Labute approximate surface area is 345 Å². The van der Waals surface area contributed by atoms with Gasteiger partial charge in [0, 0.05) is 0 Å². The van der Waals surface area contributed by atoms with Crippen LogP contribution in [0.15, 0.2) is 216 Å². The van der Waals surface area contributed by atoms with Gasteiger partial charge >= 0.3 is 180 Å². The van der Waals surface area contributed by atoms with Crippen LogP contribution in [0, 0.1) is 0 Å². The molecular weight excluding hydrogens is 787 g/mol. The van der Waals surface area contributed by atoms with E-state index >= 15 is 0 Å². The molecule has 1 atom stereocenters. The minimum atomic E-state index is -2.02. The van der Waals surface area contributed by atoms with Crippen molar-refractivity contribution in [3.8, 4) is 33.4 Å². The molecule has 2 aliphatic carbocycles. The number of benzene rings is 8. The molecule has 10 rings (SSSR count). The Morgan fingerprint density at radius 1 is 0.455 bits per heavy atom. The van der Waals surface area contributed by atoms with E-state index in [2.05, 4.69) is 199 Å². The molecule has 8 aromatic rings. The second-order valence-corrected chi connectivity index (χ2v) is 20.1. The molecule has 0 amide bonds.